The summed E-state index contributed by atoms with van der Waals surface area (Å²) in [6.07, 6.45) is 1.39. The lowest BCUT2D eigenvalue weighted by atomic mass is 10.0. The van der Waals surface area contributed by atoms with Crippen molar-refractivity contribution in [2.75, 3.05) is 0 Å². The van der Waals surface area contributed by atoms with Gasteiger partial charge < -0.3 is 4.90 Å². The summed E-state index contributed by atoms with van der Waals surface area (Å²) < 4.78 is 16.2. The fourth-order valence-electron chi connectivity index (χ4n) is 3.29. The second-order valence-electron chi connectivity index (χ2n) is 6.80. The van der Waals surface area contributed by atoms with Gasteiger partial charge >= 0.3 is 0 Å². The first-order valence-electron chi connectivity index (χ1n) is 8.55. The van der Waals surface area contributed by atoms with Crippen molar-refractivity contribution in [3.63, 3.8) is 0 Å². The summed E-state index contributed by atoms with van der Waals surface area (Å²) in [6.45, 7) is 6.41. The average Bonchev–Trinajstić information content (AvgIpc) is 3.17. The zero-order chi connectivity index (χ0) is 19.3. The highest BCUT2D eigenvalue weighted by Gasteiger charge is 2.29. The van der Waals surface area contributed by atoms with Crippen molar-refractivity contribution in [1.29, 1.82) is 0 Å². The quantitative estimate of drug-likeness (QED) is 0.592. The molecule has 0 N–H and O–H groups in total. The molecule has 1 aromatic carbocycles. The summed E-state index contributed by atoms with van der Waals surface area (Å²) >= 11 is 3.30. The minimum Gasteiger partial charge on any atom is -0.332 e. The van der Waals surface area contributed by atoms with E-state index < -0.39 is 5.95 Å². The van der Waals surface area contributed by atoms with Gasteiger partial charge in [0.15, 0.2) is 0 Å². The first-order valence-corrected chi connectivity index (χ1v) is 9.34. The molecule has 1 aliphatic heterocycles. The van der Waals surface area contributed by atoms with Crippen molar-refractivity contribution in [3.05, 3.63) is 57.7 Å². The summed E-state index contributed by atoms with van der Waals surface area (Å²) in [5, 5.41) is 8.34. The lowest BCUT2D eigenvalue weighted by molar-refractivity contribution is 0.0730. The van der Waals surface area contributed by atoms with Gasteiger partial charge in [-0.3, -0.25) is 4.79 Å². The van der Waals surface area contributed by atoms with E-state index in [0.717, 1.165) is 16.7 Å². The molecule has 0 radical (unpaired) electrons. The fraction of sp³-hybridized carbons (Fsp3) is 0.263. The lowest BCUT2D eigenvalue weighted by Gasteiger charge is -2.19. The second-order valence-corrected chi connectivity index (χ2v) is 7.71. The van der Waals surface area contributed by atoms with E-state index in [2.05, 4.69) is 31.2 Å². The van der Waals surface area contributed by atoms with E-state index in [4.69, 9.17) is 0 Å². The predicted molar refractivity (Wildman–Crippen MR) is 102 cm³/mol. The Kier molecular flexibility index (Phi) is 4.30. The number of amides is 1. The molecule has 3 aromatic rings. The molecule has 1 amide bonds. The molecule has 0 spiro atoms. The number of halogens is 2. The molecule has 3 heterocycles. The smallest absolute Gasteiger partial charge is 0.254 e. The summed E-state index contributed by atoms with van der Waals surface area (Å²) in [7, 11) is 0. The number of carbonyl (C=O) groups is 1. The van der Waals surface area contributed by atoms with Gasteiger partial charge in [0.1, 0.15) is 11.4 Å². The van der Waals surface area contributed by atoms with Crippen LogP contribution in [0.3, 0.4) is 0 Å². The molecule has 0 saturated heterocycles. The molecule has 1 aliphatic rings. The van der Waals surface area contributed by atoms with E-state index in [1.54, 1.807) is 6.07 Å². The molecule has 0 saturated carbocycles. The number of benzene rings is 1. The van der Waals surface area contributed by atoms with E-state index >= 15 is 0 Å². The molecule has 0 fully saturated rings. The SMILES string of the molecule is Cc1c(-c2ccc3c(c2)CN(C(C)C)C3=O)nnn1-c1cc(Br)cnc1F. The van der Waals surface area contributed by atoms with Gasteiger partial charge in [-0.15, -0.1) is 5.10 Å². The van der Waals surface area contributed by atoms with Crippen LogP contribution < -0.4 is 0 Å². The van der Waals surface area contributed by atoms with Gasteiger partial charge in [-0.1, -0.05) is 11.3 Å². The number of rotatable bonds is 3. The van der Waals surface area contributed by atoms with Crippen molar-refractivity contribution < 1.29 is 9.18 Å². The topological polar surface area (TPSA) is 63.9 Å². The van der Waals surface area contributed by atoms with Gasteiger partial charge in [-0.25, -0.2) is 9.67 Å². The summed E-state index contributed by atoms with van der Waals surface area (Å²) in [4.78, 5) is 18.0. The van der Waals surface area contributed by atoms with Crippen molar-refractivity contribution in [2.45, 2.75) is 33.4 Å². The first-order chi connectivity index (χ1) is 12.9. The van der Waals surface area contributed by atoms with Gasteiger partial charge in [0.25, 0.3) is 5.91 Å². The van der Waals surface area contributed by atoms with Gasteiger partial charge in [-0.2, -0.15) is 4.39 Å². The second kappa shape index (κ2) is 6.53. The Labute approximate surface area is 164 Å². The number of hydrogen-bond donors (Lipinski definition) is 0. The fourth-order valence-corrected chi connectivity index (χ4v) is 3.61. The standard InChI is InChI=1S/C19H17BrFN5O/c1-10(2)25-9-13-6-12(4-5-15(13)19(25)27)17-11(3)26(24-23-17)16-7-14(20)8-22-18(16)21/h4-8,10H,9H2,1-3H3. The van der Waals surface area contributed by atoms with Crippen molar-refractivity contribution in [2.24, 2.45) is 0 Å². The minimum absolute atomic E-state index is 0.0502. The third kappa shape index (κ3) is 2.93. The van der Waals surface area contributed by atoms with Crippen LogP contribution in [0.1, 0.15) is 35.5 Å². The molecular weight excluding hydrogens is 413 g/mol. The Morgan fingerprint density at radius 3 is 2.78 bits per heavy atom. The molecule has 0 bridgehead atoms. The summed E-state index contributed by atoms with van der Waals surface area (Å²) in [5.41, 5.74) is 4.10. The molecule has 2 aromatic heterocycles. The molecule has 0 atom stereocenters. The zero-order valence-corrected chi connectivity index (χ0v) is 16.7. The highest BCUT2D eigenvalue weighted by Crippen LogP contribution is 2.31. The summed E-state index contributed by atoms with van der Waals surface area (Å²) in [6, 6.07) is 7.40. The molecule has 0 aliphatic carbocycles. The van der Waals surface area contributed by atoms with Crippen LogP contribution in [0.4, 0.5) is 4.39 Å². The Morgan fingerprint density at radius 2 is 2.04 bits per heavy atom. The van der Waals surface area contributed by atoms with E-state index in [-0.39, 0.29) is 17.6 Å². The Balaban J connectivity index is 1.75. The van der Waals surface area contributed by atoms with Crippen LogP contribution in [0.5, 0.6) is 0 Å². The maximum Gasteiger partial charge on any atom is 0.254 e. The van der Waals surface area contributed by atoms with Crippen molar-refractivity contribution in [1.82, 2.24) is 24.9 Å². The maximum absolute atomic E-state index is 14.1. The van der Waals surface area contributed by atoms with E-state index in [9.17, 15) is 9.18 Å². The Morgan fingerprint density at radius 1 is 1.26 bits per heavy atom. The Bertz CT molecular complexity index is 1060. The summed E-state index contributed by atoms with van der Waals surface area (Å²) in [5.74, 6) is -0.570. The average molecular weight is 430 g/mol. The molecule has 138 valence electrons. The van der Waals surface area contributed by atoms with Crippen LogP contribution in [0.25, 0.3) is 16.9 Å². The normalized spacial score (nSPS) is 13.6. The molecule has 4 rings (SSSR count). The number of carbonyl (C=O) groups excluding carboxylic acids is 1. The number of fused-ring (bicyclic) bond motifs is 1. The zero-order valence-electron chi connectivity index (χ0n) is 15.1. The largest absolute Gasteiger partial charge is 0.332 e. The monoisotopic (exact) mass is 429 g/mol. The van der Waals surface area contributed by atoms with Gasteiger partial charge in [0.2, 0.25) is 5.95 Å². The van der Waals surface area contributed by atoms with Crippen molar-refractivity contribution in [3.8, 4) is 16.9 Å². The van der Waals surface area contributed by atoms with Crippen LogP contribution in [0, 0.1) is 12.9 Å². The van der Waals surface area contributed by atoms with Gasteiger partial charge in [0.05, 0.1) is 5.69 Å². The number of hydrogen-bond acceptors (Lipinski definition) is 4. The molecule has 0 unspecified atom stereocenters. The maximum atomic E-state index is 14.1. The highest BCUT2D eigenvalue weighted by molar-refractivity contribution is 9.10. The van der Waals surface area contributed by atoms with E-state index in [1.807, 2.05) is 43.9 Å². The van der Waals surface area contributed by atoms with Crippen molar-refractivity contribution >= 4 is 21.8 Å². The number of pyridine rings is 1. The molecule has 6 nitrogen and oxygen atoms in total. The molecular formula is C19H17BrFN5O. The molecule has 27 heavy (non-hydrogen) atoms. The van der Waals surface area contributed by atoms with Crippen LogP contribution >= 0.6 is 15.9 Å². The Hall–Kier alpha value is -2.61. The lowest BCUT2D eigenvalue weighted by Crippen LogP contribution is -2.30. The minimum atomic E-state index is -0.620. The van der Waals surface area contributed by atoms with E-state index in [1.165, 1.54) is 10.9 Å². The highest BCUT2D eigenvalue weighted by atomic mass is 79.9. The third-order valence-corrected chi connectivity index (χ3v) is 5.18. The van der Waals surface area contributed by atoms with E-state index in [0.29, 0.717) is 22.4 Å². The van der Waals surface area contributed by atoms with Crippen LogP contribution in [-0.4, -0.2) is 36.8 Å². The van der Waals surface area contributed by atoms with Crippen LogP contribution in [-0.2, 0) is 6.54 Å². The number of aromatic nitrogens is 4. The number of nitrogens with zero attached hydrogens (tertiary/aromatic N) is 5. The first kappa shape index (κ1) is 17.8. The predicted octanol–water partition coefficient (Wildman–Crippen LogP) is 3.90. The van der Waals surface area contributed by atoms with Crippen LogP contribution in [0.15, 0.2) is 34.9 Å². The van der Waals surface area contributed by atoms with Gasteiger partial charge in [-0.05, 0) is 60.5 Å². The van der Waals surface area contributed by atoms with Crippen LogP contribution in [0.2, 0.25) is 0 Å². The van der Waals surface area contributed by atoms with Gasteiger partial charge in [0, 0.05) is 34.4 Å². The molecule has 8 heteroatoms. The third-order valence-electron chi connectivity index (χ3n) is 4.74.